The molecule has 2 unspecified atom stereocenters. The molecule has 276 valence electrons. The molecule has 3 fully saturated rings. The van der Waals surface area contributed by atoms with Gasteiger partial charge in [0, 0.05) is 25.8 Å². The van der Waals surface area contributed by atoms with Gasteiger partial charge in [-0.05, 0) is 18.4 Å². The van der Waals surface area contributed by atoms with Gasteiger partial charge in [0.2, 0.25) is 12.7 Å². The number of alkyl halides is 2. The van der Waals surface area contributed by atoms with Crippen molar-refractivity contribution < 1.29 is 105 Å². The van der Waals surface area contributed by atoms with Crippen LogP contribution in [-0.4, -0.2) is 104 Å². The van der Waals surface area contributed by atoms with Gasteiger partial charge in [-0.3, -0.25) is 13.7 Å². The van der Waals surface area contributed by atoms with E-state index in [9.17, 15) is 9.13 Å². The number of nitrogen functional groups attached to an aromatic ring is 1. The van der Waals surface area contributed by atoms with Crippen LogP contribution in [0.4, 0.5) is 26.4 Å². The van der Waals surface area contributed by atoms with Gasteiger partial charge in [-0.2, -0.15) is 9.97 Å². The summed E-state index contributed by atoms with van der Waals surface area (Å²) in [5.41, 5.74) is 13.2. The molecule has 0 radical (unpaired) electrons. The zero-order valence-corrected chi connectivity index (χ0v) is 35.7. The summed E-state index contributed by atoms with van der Waals surface area (Å²) in [5.74, 6) is 0.705. The topological polar surface area (TPSA) is 240 Å². The fraction of sp³-hybridized carbons (Fsp3) is 0.577. The molecule has 53 heavy (non-hydrogen) atoms. The zero-order chi connectivity index (χ0) is 35.7. The van der Waals surface area contributed by atoms with Gasteiger partial charge in [-0.1, -0.05) is 0 Å². The third-order valence-corrected chi connectivity index (χ3v) is 11.9. The molecule has 4 aliphatic rings. The maximum atomic E-state index is 16.4. The summed E-state index contributed by atoms with van der Waals surface area (Å²) < 4.78 is 96.6. The maximum Gasteiger partial charge on any atom is 1.00 e. The Balaban J connectivity index is 0.00000240. The molecule has 27 heteroatoms. The second-order valence-electron chi connectivity index (χ2n) is 12.1. The number of imidazole rings is 1. The van der Waals surface area contributed by atoms with Crippen molar-refractivity contribution in [1.29, 1.82) is 0 Å². The van der Waals surface area contributed by atoms with Crippen LogP contribution in [0, 0.1) is 0 Å². The molecular weight excluding hydrogens is 804 g/mol. The molecule has 2 bridgehead atoms. The number of hydrogen-bond donors (Lipinski definition) is 4. The summed E-state index contributed by atoms with van der Waals surface area (Å²) in [4.78, 5) is 21.4. The van der Waals surface area contributed by atoms with E-state index in [-0.39, 0.29) is 88.6 Å². The van der Waals surface area contributed by atoms with E-state index in [0.29, 0.717) is 36.4 Å². The van der Waals surface area contributed by atoms with Crippen molar-refractivity contribution in [3.05, 3.63) is 24.4 Å². The largest absolute Gasteiger partial charge is 1.00 e. The first-order chi connectivity index (χ1) is 24.4. The van der Waals surface area contributed by atoms with Crippen LogP contribution >= 0.6 is 13.6 Å². The second kappa shape index (κ2) is 16.7. The van der Waals surface area contributed by atoms with Crippen LogP contribution in [-0.2, 0) is 67.6 Å². The number of hydrogen-bond acceptors (Lipinski definition) is 19. The molecule has 3 saturated heterocycles. The number of ether oxygens (including phenoxy) is 2. The van der Waals surface area contributed by atoms with E-state index in [0.717, 1.165) is 12.0 Å². The van der Waals surface area contributed by atoms with Gasteiger partial charge in [0.25, 0.3) is 0 Å². The fourth-order valence-electron chi connectivity index (χ4n) is 6.58. The monoisotopic (exact) mass is 835 g/mol. The molecule has 4 aromatic heterocycles. The Morgan fingerprint density at radius 3 is 2.42 bits per heavy atom. The van der Waals surface area contributed by atoms with E-state index in [1.165, 1.54) is 21.8 Å². The molecule has 19 nitrogen and oxygen atoms in total. The number of nitrogens with zero attached hydrogens (tertiary/aromatic N) is 7. The number of aryl methyl sites for hydroxylation is 1. The molecule has 0 aromatic carbocycles. The second-order valence-corrected chi connectivity index (χ2v) is 17.5. The first kappa shape index (κ1) is 41.9. The molecule has 0 saturated carbocycles. The van der Waals surface area contributed by atoms with Crippen LogP contribution in [0.5, 0.6) is 0 Å². The van der Waals surface area contributed by atoms with Crippen LogP contribution in [0.3, 0.4) is 0 Å². The number of rotatable bonds is 5. The number of anilines is 3. The average molecular weight is 836 g/mol. The van der Waals surface area contributed by atoms with Crippen molar-refractivity contribution in [2.45, 2.75) is 62.1 Å². The standard InChI is InChI=1S/C26H33F2N11O8P2S2.2Na/c27-15-12-7-42-48(40,50)46-18-13(45-24(16(18)28)38-6-11-2-1-4-31-21-14(11)22(38)34-9-33-21)8-43-49(41,51)47-19(15)25(44-12)39-10-35-17-20(30)36-26(32-5-3-29)37-23(17)39;;/h6,9-10,12-13,15-16,18-19,24-25H,1-5,7-8,29H2,(H,40,50)(H,41,51)(H,31,33,34)(H3,30,32,36,37);;/q;2*+1/p-2/t12-,13-,15-,16-,18-,19-,24-,25-,48?,49?;;/m1../s1. The van der Waals surface area contributed by atoms with Gasteiger partial charge < -0.3 is 78.7 Å². The number of nitrogens with one attached hydrogen (secondary N) is 2. The first-order valence-corrected chi connectivity index (χ1v) is 20.9. The molecule has 4 aliphatic heterocycles. The molecule has 0 aliphatic carbocycles. The molecule has 0 amide bonds. The minimum Gasteiger partial charge on any atom is -0.660 e. The van der Waals surface area contributed by atoms with Gasteiger partial charge in [0.15, 0.2) is 43.1 Å². The molecule has 4 aromatic rings. The Morgan fingerprint density at radius 2 is 1.66 bits per heavy atom. The van der Waals surface area contributed by atoms with Crippen molar-refractivity contribution in [3.8, 4) is 0 Å². The fourth-order valence-corrected chi connectivity index (χ4v) is 9.40. The number of nitrogens with two attached hydrogens (primary N) is 2. The van der Waals surface area contributed by atoms with Gasteiger partial charge >= 0.3 is 59.1 Å². The molecule has 0 spiro atoms. The SMILES string of the molecule is NCCNc1nc(N)c2ncn([C@@H]3O[C@@H]4COP(=O)([S-])O[C@H]5[C@@H](F)[C@H](n6cc7c8c(ncnc86)NCCC7)O[C@@H]5COP(=O)([S-])O[C@@H]3[C@@H]4F)c2n1.[Na+].[Na+]. The van der Waals surface area contributed by atoms with Gasteiger partial charge in [-0.25, -0.2) is 23.7 Å². The van der Waals surface area contributed by atoms with Crippen LogP contribution in [0.1, 0.15) is 24.4 Å². The Labute approximate surface area is 355 Å². The summed E-state index contributed by atoms with van der Waals surface area (Å²) in [7, 11) is 0. The quantitative estimate of drug-likeness (QED) is 0.0856. The van der Waals surface area contributed by atoms with E-state index in [1.807, 2.05) is 0 Å². The third kappa shape index (κ3) is 8.20. The minimum absolute atomic E-state index is 0. The van der Waals surface area contributed by atoms with Crippen molar-refractivity contribution in [3.63, 3.8) is 0 Å². The summed E-state index contributed by atoms with van der Waals surface area (Å²) in [5, 5.41) is 6.85. The molecule has 8 rings (SSSR count). The van der Waals surface area contributed by atoms with Crippen LogP contribution in [0.25, 0.3) is 22.2 Å². The summed E-state index contributed by atoms with van der Waals surface area (Å²) >= 11 is 10.3. The van der Waals surface area contributed by atoms with Crippen LogP contribution < -0.4 is 81.2 Å². The van der Waals surface area contributed by atoms with Crippen LogP contribution in [0.2, 0.25) is 0 Å². The summed E-state index contributed by atoms with van der Waals surface area (Å²) in [6, 6.07) is 0. The molecule has 10 atom stereocenters. The maximum absolute atomic E-state index is 16.4. The number of halogens is 2. The first-order valence-electron chi connectivity index (χ1n) is 15.8. The van der Waals surface area contributed by atoms with Gasteiger partial charge in [-0.15, -0.1) is 0 Å². The third-order valence-electron chi connectivity index (χ3n) is 8.85. The van der Waals surface area contributed by atoms with E-state index >= 15 is 8.78 Å². The van der Waals surface area contributed by atoms with E-state index in [2.05, 4.69) is 35.6 Å². The Kier molecular flexibility index (Phi) is 13.2. The van der Waals surface area contributed by atoms with Crippen molar-refractivity contribution in [1.82, 2.24) is 34.1 Å². The Bertz CT molecular complexity index is 2080. The van der Waals surface area contributed by atoms with Crippen molar-refractivity contribution in [2.75, 3.05) is 49.2 Å². The zero-order valence-electron chi connectivity index (χ0n) is 28.3. The average Bonchev–Trinajstić information content (AvgIpc) is 3.79. The van der Waals surface area contributed by atoms with E-state index < -0.39 is 76.0 Å². The van der Waals surface area contributed by atoms with E-state index in [1.54, 1.807) is 6.20 Å². The van der Waals surface area contributed by atoms with Crippen molar-refractivity contribution >= 4 is 77.9 Å². The summed E-state index contributed by atoms with van der Waals surface area (Å²) in [6.45, 7) is -9.27. The predicted molar refractivity (Wildman–Crippen MR) is 181 cm³/mol. The summed E-state index contributed by atoms with van der Waals surface area (Å²) in [6.07, 6.45) is -7.36. The normalized spacial score (nSPS) is 34.4. The Morgan fingerprint density at radius 1 is 0.943 bits per heavy atom. The van der Waals surface area contributed by atoms with Gasteiger partial charge in [0.1, 0.15) is 47.7 Å². The Hall–Kier alpha value is -0.690. The molecule has 6 N–H and O–H groups in total. The smallest absolute Gasteiger partial charge is 0.660 e. The number of fused-ring (bicyclic) bond motifs is 4. The van der Waals surface area contributed by atoms with Gasteiger partial charge in [0.05, 0.1) is 24.9 Å². The molecular formula is C26H31F2N11Na2O8P2S2. The number of aromatic nitrogens is 7. The van der Waals surface area contributed by atoms with Crippen LogP contribution in [0.15, 0.2) is 18.9 Å². The predicted octanol–water partition coefficient (Wildman–Crippen LogP) is -3.81. The van der Waals surface area contributed by atoms with E-state index in [4.69, 9.17) is 63.5 Å². The van der Waals surface area contributed by atoms with Crippen molar-refractivity contribution in [2.24, 2.45) is 5.73 Å². The molecule has 8 heterocycles. The minimum atomic E-state index is -4.59.